The van der Waals surface area contributed by atoms with Crippen LogP contribution in [0.2, 0.25) is 5.02 Å². The molecular formula is C20H18ClFN4O. The first kappa shape index (κ1) is 17.7. The van der Waals surface area contributed by atoms with Crippen LogP contribution < -0.4 is 5.32 Å². The van der Waals surface area contributed by atoms with Crippen LogP contribution in [-0.2, 0) is 13.0 Å². The summed E-state index contributed by atoms with van der Waals surface area (Å²) in [6.07, 6.45) is 4.34. The van der Waals surface area contributed by atoms with Gasteiger partial charge >= 0.3 is 0 Å². The van der Waals surface area contributed by atoms with E-state index in [2.05, 4.69) is 20.1 Å². The number of halogens is 2. The number of carbonyl (C=O) groups excluding carboxylic acids is 1. The maximum Gasteiger partial charge on any atom is 0.258 e. The first-order valence-electron chi connectivity index (χ1n) is 8.91. The van der Waals surface area contributed by atoms with Crippen LogP contribution >= 0.6 is 11.6 Å². The zero-order chi connectivity index (χ0) is 18.8. The molecule has 27 heavy (non-hydrogen) atoms. The van der Waals surface area contributed by atoms with Crippen molar-refractivity contribution >= 4 is 23.2 Å². The Morgan fingerprint density at radius 1 is 1.11 bits per heavy atom. The van der Waals surface area contributed by atoms with Crippen LogP contribution in [0.4, 0.5) is 10.1 Å². The normalized spacial score (nSPS) is 13.7. The smallest absolute Gasteiger partial charge is 0.258 e. The summed E-state index contributed by atoms with van der Waals surface area (Å²) in [4.78, 5) is 12.4. The van der Waals surface area contributed by atoms with Crippen molar-refractivity contribution in [1.29, 1.82) is 0 Å². The zero-order valence-corrected chi connectivity index (χ0v) is 15.3. The highest BCUT2D eigenvalue weighted by Gasteiger charge is 2.17. The standard InChI is InChI=1S/C20H18ClFN4O/c21-14-8-9-17(22)16(12-14)20(27)23-15-6-4-5-13(11-15)19-25-24-18-7-2-1-3-10-26(18)19/h4-6,8-9,11-12H,1-3,7,10H2,(H,23,27). The second kappa shape index (κ2) is 7.48. The molecule has 0 spiro atoms. The van der Waals surface area contributed by atoms with Crippen LogP contribution in [-0.4, -0.2) is 20.7 Å². The molecule has 2 heterocycles. The van der Waals surface area contributed by atoms with Crippen molar-refractivity contribution in [3.05, 3.63) is 64.7 Å². The van der Waals surface area contributed by atoms with E-state index in [9.17, 15) is 9.18 Å². The fourth-order valence-corrected chi connectivity index (χ4v) is 3.48. The molecule has 1 aromatic heterocycles. The highest BCUT2D eigenvalue weighted by atomic mass is 35.5. The zero-order valence-electron chi connectivity index (χ0n) is 14.6. The molecule has 3 aromatic rings. The van der Waals surface area contributed by atoms with Crippen molar-refractivity contribution in [3.63, 3.8) is 0 Å². The fraction of sp³-hybridized carbons (Fsp3) is 0.250. The topological polar surface area (TPSA) is 59.8 Å². The highest BCUT2D eigenvalue weighted by Crippen LogP contribution is 2.25. The van der Waals surface area contributed by atoms with E-state index in [1.807, 2.05) is 18.2 Å². The molecule has 0 atom stereocenters. The summed E-state index contributed by atoms with van der Waals surface area (Å²) >= 11 is 5.87. The molecule has 5 nitrogen and oxygen atoms in total. The molecule has 4 rings (SSSR count). The number of amides is 1. The third-order valence-electron chi connectivity index (χ3n) is 4.66. The van der Waals surface area contributed by atoms with Crippen LogP contribution in [0.25, 0.3) is 11.4 Å². The summed E-state index contributed by atoms with van der Waals surface area (Å²) in [6.45, 7) is 0.891. The summed E-state index contributed by atoms with van der Waals surface area (Å²) in [7, 11) is 0. The summed E-state index contributed by atoms with van der Waals surface area (Å²) in [5.74, 6) is 0.623. The molecule has 1 aliphatic heterocycles. The lowest BCUT2D eigenvalue weighted by molar-refractivity contribution is 0.102. The molecule has 0 saturated carbocycles. The van der Waals surface area contributed by atoms with E-state index in [1.54, 1.807) is 6.07 Å². The van der Waals surface area contributed by atoms with Gasteiger partial charge in [-0.25, -0.2) is 4.39 Å². The summed E-state index contributed by atoms with van der Waals surface area (Å²) in [6, 6.07) is 11.2. The van der Waals surface area contributed by atoms with E-state index in [1.165, 1.54) is 24.6 Å². The van der Waals surface area contributed by atoms with Crippen molar-refractivity contribution in [2.75, 3.05) is 5.32 Å². The third-order valence-corrected chi connectivity index (χ3v) is 4.90. The molecule has 0 radical (unpaired) electrons. The number of aromatic nitrogens is 3. The van der Waals surface area contributed by atoms with E-state index in [-0.39, 0.29) is 5.56 Å². The molecular weight excluding hydrogens is 367 g/mol. The summed E-state index contributed by atoms with van der Waals surface area (Å²) < 4.78 is 16.1. The Bertz CT molecular complexity index is 1000. The maximum atomic E-state index is 13.9. The van der Waals surface area contributed by atoms with Gasteiger partial charge in [0.2, 0.25) is 0 Å². The van der Waals surface area contributed by atoms with E-state index >= 15 is 0 Å². The van der Waals surface area contributed by atoms with Crippen molar-refractivity contribution in [1.82, 2.24) is 14.8 Å². The molecule has 0 bridgehead atoms. The predicted octanol–water partition coefficient (Wildman–Crippen LogP) is 4.72. The van der Waals surface area contributed by atoms with Gasteiger partial charge in [-0.2, -0.15) is 0 Å². The van der Waals surface area contributed by atoms with Gasteiger partial charge in [0.15, 0.2) is 5.82 Å². The molecule has 1 amide bonds. The minimum Gasteiger partial charge on any atom is -0.322 e. The number of carbonyl (C=O) groups is 1. The number of nitrogens with zero attached hydrogens (tertiary/aromatic N) is 3. The van der Waals surface area contributed by atoms with Crippen LogP contribution in [0.1, 0.15) is 35.4 Å². The monoisotopic (exact) mass is 384 g/mol. The molecule has 0 unspecified atom stereocenters. The average molecular weight is 385 g/mol. The number of rotatable bonds is 3. The molecule has 1 aliphatic rings. The van der Waals surface area contributed by atoms with Gasteiger partial charge < -0.3 is 9.88 Å². The van der Waals surface area contributed by atoms with Gasteiger partial charge in [0, 0.05) is 29.2 Å². The Balaban J connectivity index is 1.61. The van der Waals surface area contributed by atoms with Crippen molar-refractivity contribution < 1.29 is 9.18 Å². The van der Waals surface area contributed by atoms with Gasteiger partial charge in [-0.3, -0.25) is 4.79 Å². The molecule has 138 valence electrons. The first-order chi connectivity index (χ1) is 13.1. The molecule has 0 saturated heterocycles. The van der Waals surface area contributed by atoms with Crippen molar-refractivity contribution in [3.8, 4) is 11.4 Å². The van der Waals surface area contributed by atoms with E-state index < -0.39 is 11.7 Å². The number of hydrogen-bond acceptors (Lipinski definition) is 3. The quantitative estimate of drug-likeness (QED) is 0.711. The number of nitrogens with one attached hydrogen (secondary N) is 1. The molecule has 0 aliphatic carbocycles. The molecule has 1 N–H and O–H groups in total. The molecule has 0 fully saturated rings. The maximum absolute atomic E-state index is 13.9. The van der Waals surface area contributed by atoms with Gasteiger partial charge in [-0.1, -0.05) is 30.2 Å². The number of hydrogen-bond donors (Lipinski definition) is 1. The number of aryl methyl sites for hydroxylation is 1. The fourth-order valence-electron chi connectivity index (χ4n) is 3.30. The van der Waals surface area contributed by atoms with E-state index in [4.69, 9.17) is 11.6 Å². The SMILES string of the molecule is O=C(Nc1cccc(-c2nnc3n2CCCCC3)c1)c1cc(Cl)ccc1F. The second-order valence-corrected chi connectivity index (χ2v) is 7.00. The van der Waals surface area contributed by atoms with Crippen LogP contribution in [0.3, 0.4) is 0 Å². The van der Waals surface area contributed by atoms with E-state index in [0.717, 1.165) is 43.0 Å². The minimum atomic E-state index is -0.615. The van der Waals surface area contributed by atoms with Crippen molar-refractivity contribution in [2.45, 2.75) is 32.2 Å². The number of benzene rings is 2. The minimum absolute atomic E-state index is 0.0933. The van der Waals surface area contributed by atoms with Gasteiger partial charge in [0.05, 0.1) is 5.56 Å². The van der Waals surface area contributed by atoms with Crippen LogP contribution in [0.5, 0.6) is 0 Å². The third kappa shape index (κ3) is 3.71. The Morgan fingerprint density at radius 3 is 2.89 bits per heavy atom. The average Bonchev–Trinajstić information content (AvgIpc) is 2.92. The lowest BCUT2D eigenvalue weighted by atomic mass is 10.1. The van der Waals surface area contributed by atoms with Gasteiger partial charge in [0.1, 0.15) is 11.6 Å². The lowest BCUT2D eigenvalue weighted by Gasteiger charge is -2.10. The summed E-state index contributed by atoms with van der Waals surface area (Å²) in [5, 5.41) is 11.7. The Labute approximate surface area is 161 Å². The Hall–Kier alpha value is -2.73. The van der Waals surface area contributed by atoms with Gasteiger partial charge in [-0.05, 0) is 43.2 Å². The van der Waals surface area contributed by atoms with E-state index in [0.29, 0.717) is 10.7 Å². The van der Waals surface area contributed by atoms with Crippen molar-refractivity contribution in [2.24, 2.45) is 0 Å². The Kier molecular flexibility index (Phi) is 4.90. The summed E-state index contributed by atoms with van der Waals surface area (Å²) in [5.41, 5.74) is 1.33. The lowest BCUT2D eigenvalue weighted by Crippen LogP contribution is -2.14. The van der Waals surface area contributed by atoms with Gasteiger partial charge in [0.25, 0.3) is 5.91 Å². The number of anilines is 1. The van der Waals surface area contributed by atoms with Crippen LogP contribution in [0, 0.1) is 5.82 Å². The Morgan fingerprint density at radius 2 is 2.00 bits per heavy atom. The predicted molar refractivity (Wildman–Crippen MR) is 102 cm³/mol. The molecule has 7 heteroatoms. The molecule has 2 aromatic carbocycles. The highest BCUT2D eigenvalue weighted by molar-refractivity contribution is 6.31. The van der Waals surface area contributed by atoms with Gasteiger partial charge in [-0.15, -0.1) is 10.2 Å². The second-order valence-electron chi connectivity index (χ2n) is 6.56. The number of fused-ring (bicyclic) bond motifs is 1. The largest absolute Gasteiger partial charge is 0.322 e. The first-order valence-corrected chi connectivity index (χ1v) is 9.28. The van der Waals surface area contributed by atoms with Crippen LogP contribution in [0.15, 0.2) is 42.5 Å².